The van der Waals surface area contributed by atoms with Gasteiger partial charge in [0, 0.05) is 28.5 Å². The van der Waals surface area contributed by atoms with E-state index in [9.17, 15) is 9.59 Å². The van der Waals surface area contributed by atoms with Crippen molar-refractivity contribution in [3.05, 3.63) is 105 Å². The lowest BCUT2D eigenvalue weighted by atomic mass is 10.0. The van der Waals surface area contributed by atoms with Gasteiger partial charge in [0.15, 0.2) is 0 Å². The molecule has 0 radical (unpaired) electrons. The molecule has 172 valence electrons. The van der Waals surface area contributed by atoms with Gasteiger partial charge in [0.05, 0.1) is 6.42 Å². The summed E-state index contributed by atoms with van der Waals surface area (Å²) in [7, 11) is 0. The Morgan fingerprint density at radius 1 is 0.879 bits per heavy atom. The number of halogens is 2. The third-order valence-corrected chi connectivity index (χ3v) is 6.02. The molecule has 3 rings (SSSR count). The van der Waals surface area contributed by atoms with E-state index in [4.69, 9.17) is 11.6 Å². The van der Waals surface area contributed by atoms with Crippen molar-refractivity contribution in [1.29, 1.82) is 0 Å². The van der Waals surface area contributed by atoms with Gasteiger partial charge in [0.25, 0.3) is 0 Å². The van der Waals surface area contributed by atoms with Crippen LogP contribution in [0.2, 0.25) is 5.02 Å². The smallest absolute Gasteiger partial charge is 0.243 e. The molecule has 0 spiro atoms. The minimum Gasteiger partial charge on any atom is -0.352 e. The van der Waals surface area contributed by atoms with E-state index < -0.39 is 6.04 Å². The molecule has 1 atom stereocenters. The van der Waals surface area contributed by atoms with E-state index in [-0.39, 0.29) is 24.3 Å². The molecule has 0 saturated heterocycles. The number of carbonyl (C=O) groups is 2. The molecule has 4 nitrogen and oxygen atoms in total. The molecule has 3 aromatic rings. The first-order chi connectivity index (χ1) is 15.8. The molecule has 0 aromatic heterocycles. The molecule has 0 aliphatic carbocycles. The van der Waals surface area contributed by atoms with Crippen LogP contribution in [0.25, 0.3) is 0 Å². The van der Waals surface area contributed by atoms with Crippen molar-refractivity contribution >= 4 is 39.3 Å². The van der Waals surface area contributed by atoms with Crippen molar-refractivity contribution < 1.29 is 9.59 Å². The van der Waals surface area contributed by atoms with Crippen LogP contribution in [0, 0.1) is 0 Å². The van der Waals surface area contributed by atoms with Crippen molar-refractivity contribution in [2.75, 3.05) is 0 Å². The van der Waals surface area contributed by atoms with Crippen LogP contribution >= 0.6 is 27.5 Å². The number of nitrogens with one attached hydrogen (secondary N) is 1. The summed E-state index contributed by atoms with van der Waals surface area (Å²) in [6.07, 6.45) is 0.621. The van der Waals surface area contributed by atoms with Gasteiger partial charge in [-0.15, -0.1) is 0 Å². The quantitative estimate of drug-likeness (QED) is 0.382. The standard InChI is InChI=1S/C27H28BrClN2O2/c1-19(2)30-27(33)25(16-20-6-4-3-5-7-20)31(18-22-8-12-23(28)13-9-22)26(32)17-21-10-14-24(29)15-11-21/h3-15,19,25H,16-18H2,1-2H3,(H,30,33)/t25-/m1/s1. The molecule has 0 heterocycles. The zero-order valence-electron chi connectivity index (χ0n) is 18.8. The second kappa shape index (κ2) is 12.0. The summed E-state index contributed by atoms with van der Waals surface area (Å²) in [5, 5.41) is 3.63. The van der Waals surface area contributed by atoms with Gasteiger partial charge >= 0.3 is 0 Å². The minimum absolute atomic E-state index is 0.0309. The Hall–Kier alpha value is -2.63. The fourth-order valence-corrected chi connectivity index (χ4v) is 3.99. The van der Waals surface area contributed by atoms with E-state index in [0.717, 1.165) is 21.2 Å². The normalized spacial score (nSPS) is 11.8. The molecule has 0 aliphatic heterocycles. The fourth-order valence-electron chi connectivity index (χ4n) is 3.60. The highest BCUT2D eigenvalue weighted by atomic mass is 79.9. The maximum Gasteiger partial charge on any atom is 0.243 e. The summed E-state index contributed by atoms with van der Waals surface area (Å²) >= 11 is 9.47. The minimum atomic E-state index is -0.641. The lowest BCUT2D eigenvalue weighted by Crippen LogP contribution is -2.52. The van der Waals surface area contributed by atoms with Crippen LogP contribution in [0.15, 0.2) is 83.3 Å². The van der Waals surface area contributed by atoms with Gasteiger partial charge in [-0.1, -0.05) is 82.1 Å². The Morgan fingerprint density at radius 2 is 1.48 bits per heavy atom. The Bertz CT molecular complexity index is 1050. The maximum atomic E-state index is 13.6. The molecule has 33 heavy (non-hydrogen) atoms. The lowest BCUT2D eigenvalue weighted by Gasteiger charge is -2.32. The third-order valence-electron chi connectivity index (χ3n) is 5.24. The Kier molecular flexibility index (Phi) is 9.10. The zero-order valence-corrected chi connectivity index (χ0v) is 21.1. The van der Waals surface area contributed by atoms with E-state index in [1.807, 2.05) is 80.6 Å². The van der Waals surface area contributed by atoms with E-state index in [1.54, 1.807) is 17.0 Å². The van der Waals surface area contributed by atoms with Crippen molar-refractivity contribution in [3.8, 4) is 0 Å². The van der Waals surface area contributed by atoms with Crippen LogP contribution in [0.3, 0.4) is 0 Å². The van der Waals surface area contributed by atoms with Crippen molar-refractivity contribution in [3.63, 3.8) is 0 Å². The average molecular weight is 528 g/mol. The van der Waals surface area contributed by atoms with Crippen molar-refractivity contribution in [2.45, 2.75) is 45.3 Å². The first-order valence-corrected chi connectivity index (χ1v) is 12.1. The van der Waals surface area contributed by atoms with Crippen molar-refractivity contribution in [2.24, 2.45) is 0 Å². The number of carbonyl (C=O) groups excluding carboxylic acids is 2. The molecule has 6 heteroatoms. The number of nitrogens with zero attached hydrogens (tertiary/aromatic N) is 1. The first-order valence-electron chi connectivity index (χ1n) is 10.9. The molecule has 0 aliphatic rings. The van der Waals surface area contributed by atoms with E-state index in [1.165, 1.54) is 0 Å². The first kappa shape index (κ1) is 25.0. The third kappa shape index (κ3) is 7.72. The van der Waals surface area contributed by atoms with E-state index >= 15 is 0 Å². The van der Waals surface area contributed by atoms with Crippen LogP contribution in [0.5, 0.6) is 0 Å². The zero-order chi connectivity index (χ0) is 23.8. The Morgan fingerprint density at radius 3 is 2.09 bits per heavy atom. The number of hydrogen-bond acceptors (Lipinski definition) is 2. The SMILES string of the molecule is CC(C)NC(=O)[C@@H](Cc1ccccc1)N(Cc1ccc(Br)cc1)C(=O)Cc1ccc(Cl)cc1. The summed E-state index contributed by atoms with van der Waals surface area (Å²) in [5.74, 6) is -0.268. The van der Waals surface area contributed by atoms with Gasteiger partial charge in [0.1, 0.15) is 6.04 Å². The topological polar surface area (TPSA) is 49.4 Å². The van der Waals surface area contributed by atoms with Crippen LogP contribution in [0.4, 0.5) is 0 Å². The summed E-state index contributed by atoms with van der Waals surface area (Å²) in [4.78, 5) is 28.6. The Balaban J connectivity index is 1.95. The summed E-state index contributed by atoms with van der Waals surface area (Å²) < 4.78 is 0.962. The van der Waals surface area contributed by atoms with Crippen LogP contribution in [-0.4, -0.2) is 28.8 Å². The average Bonchev–Trinajstić information content (AvgIpc) is 2.79. The highest BCUT2D eigenvalue weighted by molar-refractivity contribution is 9.10. The summed E-state index contributed by atoms with van der Waals surface area (Å²) in [5.41, 5.74) is 2.81. The predicted octanol–water partition coefficient (Wildman–Crippen LogP) is 5.81. The highest BCUT2D eigenvalue weighted by Crippen LogP contribution is 2.19. The second-order valence-corrected chi connectivity index (χ2v) is 9.67. The molecule has 0 saturated carbocycles. The molecule has 3 aromatic carbocycles. The van der Waals surface area contributed by atoms with Gasteiger partial charge in [-0.3, -0.25) is 9.59 Å². The van der Waals surface area contributed by atoms with Gasteiger partial charge < -0.3 is 10.2 Å². The van der Waals surface area contributed by atoms with E-state index in [0.29, 0.717) is 18.0 Å². The maximum absolute atomic E-state index is 13.6. The molecular formula is C27H28BrClN2O2. The molecule has 2 amide bonds. The summed E-state index contributed by atoms with van der Waals surface area (Å²) in [6, 6.07) is 24.2. The molecule has 1 N–H and O–H groups in total. The van der Waals surface area contributed by atoms with Gasteiger partial charge in [-0.05, 0) is 54.8 Å². The van der Waals surface area contributed by atoms with Crippen molar-refractivity contribution in [1.82, 2.24) is 10.2 Å². The monoisotopic (exact) mass is 526 g/mol. The molecule has 0 fully saturated rings. The Labute approximate surface area is 209 Å². The van der Waals surface area contributed by atoms with E-state index in [2.05, 4.69) is 21.2 Å². The predicted molar refractivity (Wildman–Crippen MR) is 137 cm³/mol. The number of amides is 2. The van der Waals surface area contributed by atoms with Gasteiger partial charge in [-0.25, -0.2) is 0 Å². The number of hydrogen-bond donors (Lipinski definition) is 1. The molecule has 0 unspecified atom stereocenters. The largest absolute Gasteiger partial charge is 0.352 e. The van der Waals surface area contributed by atoms with Crippen LogP contribution < -0.4 is 5.32 Å². The number of benzene rings is 3. The van der Waals surface area contributed by atoms with Crippen LogP contribution in [-0.2, 0) is 29.0 Å². The van der Waals surface area contributed by atoms with Gasteiger partial charge in [0.2, 0.25) is 11.8 Å². The lowest BCUT2D eigenvalue weighted by molar-refractivity contribution is -0.141. The second-order valence-electron chi connectivity index (χ2n) is 8.32. The highest BCUT2D eigenvalue weighted by Gasteiger charge is 2.30. The number of rotatable bonds is 9. The molecule has 0 bridgehead atoms. The fraction of sp³-hybridized carbons (Fsp3) is 0.259. The van der Waals surface area contributed by atoms with Gasteiger partial charge in [-0.2, -0.15) is 0 Å². The summed E-state index contributed by atoms with van der Waals surface area (Å²) in [6.45, 7) is 4.18. The molecular weight excluding hydrogens is 500 g/mol. The van der Waals surface area contributed by atoms with Crippen LogP contribution in [0.1, 0.15) is 30.5 Å².